The van der Waals surface area contributed by atoms with Crippen molar-refractivity contribution in [2.75, 3.05) is 13.2 Å². The Labute approximate surface area is 175 Å². The van der Waals surface area contributed by atoms with Crippen molar-refractivity contribution >= 4 is 0 Å². The summed E-state index contributed by atoms with van der Waals surface area (Å²) in [4.78, 5) is 0. The minimum atomic E-state index is -3.11. The number of benzene rings is 1. The molecule has 0 radical (unpaired) electrons. The number of ether oxygens (including phenoxy) is 2. The highest BCUT2D eigenvalue weighted by Crippen LogP contribution is 2.42. The lowest BCUT2D eigenvalue weighted by molar-refractivity contribution is -0.232. The molecule has 0 amide bonds. The SMILES string of the molecule is CCCCC[C@H]1CO[C@H](C2CCC(C(F)(F)Cc3cc(F)c(F)c(F)c3)CC2)OC1. The molecular formula is C23H31F5O2. The van der Waals surface area contributed by atoms with Crippen molar-refractivity contribution < 1.29 is 31.4 Å². The molecule has 170 valence electrons. The van der Waals surface area contributed by atoms with Crippen LogP contribution in [0.25, 0.3) is 0 Å². The maximum absolute atomic E-state index is 14.7. The largest absolute Gasteiger partial charge is 0.352 e. The van der Waals surface area contributed by atoms with Gasteiger partial charge in [-0.05, 0) is 49.8 Å². The molecule has 0 N–H and O–H groups in total. The fraction of sp³-hybridized carbons (Fsp3) is 0.739. The Hall–Kier alpha value is -1.21. The predicted octanol–water partition coefficient (Wildman–Crippen LogP) is 6.66. The molecule has 0 atom stereocenters. The van der Waals surface area contributed by atoms with E-state index in [0.717, 1.165) is 6.42 Å². The van der Waals surface area contributed by atoms with Gasteiger partial charge in [0.25, 0.3) is 5.92 Å². The molecule has 1 saturated carbocycles. The van der Waals surface area contributed by atoms with Gasteiger partial charge in [-0.25, -0.2) is 22.0 Å². The van der Waals surface area contributed by atoms with Gasteiger partial charge in [0.2, 0.25) is 0 Å². The highest BCUT2D eigenvalue weighted by atomic mass is 19.3. The van der Waals surface area contributed by atoms with Crippen LogP contribution in [0.5, 0.6) is 0 Å². The first-order chi connectivity index (χ1) is 14.3. The molecule has 1 aromatic rings. The second-order valence-corrected chi connectivity index (χ2v) is 8.82. The number of alkyl halides is 2. The summed E-state index contributed by atoms with van der Waals surface area (Å²) in [6, 6.07) is 1.30. The van der Waals surface area contributed by atoms with Gasteiger partial charge in [0, 0.05) is 24.2 Å². The maximum Gasteiger partial charge on any atom is 0.254 e. The second-order valence-electron chi connectivity index (χ2n) is 8.82. The number of halogens is 5. The van der Waals surface area contributed by atoms with Gasteiger partial charge in [0.15, 0.2) is 23.7 Å². The van der Waals surface area contributed by atoms with Gasteiger partial charge in [0.1, 0.15) is 0 Å². The normalized spacial score (nSPS) is 27.9. The highest BCUT2D eigenvalue weighted by Gasteiger charge is 2.43. The van der Waals surface area contributed by atoms with Gasteiger partial charge < -0.3 is 9.47 Å². The number of hydrogen-bond donors (Lipinski definition) is 0. The standard InChI is InChI=1S/C23H31F5O2/c1-2-3-4-5-15-13-29-22(30-14-15)17-6-8-18(9-7-17)23(27,28)12-16-10-19(24)21(26)20(25)11-16/h10-11,15,17-18,22H,2-9,12-14H2,1H3/t15-,17?,18?,22-. The third-order valence-electron chi connectivity index (χ3n) is 6.45. The van der Waals surface area contributed by atoms with Gasteiger partial charge in [-0.3, -0.25) is 0 Å². The molecule has 2 nitrogen and oxygen atoms in total. The van der Waals surface area contributed by atoms with Crippen molar-refractivity contribution in [2.24, 2.45) is 17.8 Å². The third kappa shape index (κ3) is 5.94. The summed E-state index contributed by atoms with van der Waals surface area (Å²) in [5.74, 6) is -8.01. The summed E-state index contributed by atoms with van der Waals surface area (Å²) >= 11 is 0. The predicted molar refractivity (Wildman–Crippen MR) is 104 cm³/mol. The van der Waals surface area contributed by atoms with E-state index in [9.17, 15) is 22.0 Å². The number of unbranched alkanes of at least 4 members (excludes halogenated alkanes) is 2. The van der Waals surface area contributed by atoms with Crippen LogP contribution in [0, 0.1) is 35.2 Å². The molecule has 0 spiro atoms. The topological polar surface area (TPSA) is 18.5 Å². The first-order valence-electron chi connectivity index (χ1n) is 11.0. The lowest BCUT2D eigenvalue weighted by Gasteiger charge is -2.39. The quantitative estimate of drug-likeness (QED) is 0.259. The van der Waals surface area contributed by atoms with Crippen LogP contribution in [0.3, 0.4) is 0 Å². The Balaban J connectivity index is 1.47. The Morgan fingerprint density at radius 3 is 2.10 bits per heavy atom. The molecule has 7 heteroatoms. The van der Waals surface area contributed by atoms with Gasteiger partial charge in [-0.2, -0.15) is 0 Å². The van der Waals surface area contributed by atoms with Crippen LogP contribution in [0.4, 0.5) is 22.0 Å². The molecule has 30 heavy (non-hydrogen) atoms. The van der Waals surface area contributed by atoms with Crippen LogP contribution in [0.2, 0.25) is 0 Å². The van der Waals surface area contributed by atoms with Gasteiger partial charge in [-0.15, -0.1) is 0 Å². The Kier molecular flexibility index (Phi) is 8.13. The van der Waals surface area contributed by atoms with E-state index in [4.69, 9.17) is 9.47 Å². The van der Waals surface area contributed by atoms with E-state index < -0.39 is 35.7 Å². The van der Waals surface area contributed by atoms with E-state index in [0.29, 0.717) is 56.9 Å². The fourth-order valence-electron chi connectivity index (χ4n) is 4.62. The first kappa shape index (κ1) is 23.5. The Morgan fingerprint density at radius 2 is 1.53 bits per heavy atom. The average molecular weight is 434 g/mol. The number of rotatable bonds is 8. The molecule has 2 fully saturated rings. The van der Waals surface area contributed by atoms with Crippen LogP contribution in [-0.2, 0) is 15.9 Å². The third-order valence-corrected chi connectivity index (χ3v) is 6.45. The molecule has 1 heterocycles. The second kappa shape index (κ2) is 10.4. The van der Waals surface area contributed by atoms with Crippen molar-refractivity contribution in [1.82, 2.24) is 0 Å². The monoisotopic (exact) mass is 434 g/mol. The summed E-state index contributed by atoms with van der Waals surface area (Å²) in [5, 5.41) is 0. The van der Waals surface area contributed by atoms with Crippen LogP contribution in [0.1, 0.15) is 63.9 Å². The van der Waals surface area contributed by atoms with E-state index in [1.807, 2.05) is 0 Å². The molecule has 2 aliphatic rings. The first-order valence-corrected chi connectivity index (χ1v) is 11.0. The molecule has 1 aromatic carbocycles. The van der Waals surface area contributed by atoms with Gasteiger partial charge >= 0.3 is 0 Å². The van der Waals surface area contributed by atoms with E-state index >= 15 is 0 Å². The van der Waals surface area contributed by atoms with Crippen molar-refractivity contribution in [3.63, 3.8) is 0 Å². The number of hydrogen-bond acceptors (Lipinski definition) is 2. The molecule has 1 aliphatic carbocycles. The van der Waals surface area contributed by atoms with Crippen LogP contribution in [-0.4, -0.2) is 25.4 Å². The fourth-order valence-corrected chi connectivity index (χ4v) is 4.62. The van der Waals surface area contributed by atoms with Gasteiger partial charge in [-0.1, -0.05) is 26.2 Å². The summed E-state index contributed by atoms with van der Waals surface area (Å²) in [7, 11) is 0. The van der Waals surface area contributed by atoms with E-state index in [1.54, 1.807) is 0 Å². The summed E-state index contributed by atoms with van der Waals surface area (Å²) in [6.45, 7) is 3.48. The van der Waals surface area contributed by atoms with Crippen molar-refractivity contribution in [1.29, 1.82) is 0 Å². The molecule has 3 rings (SSSR count). The van der Waals surface area contributed by atoms with E-state index in [-0.39, 0.29) is 17.8 Å². The molecular weight excluding hydrogens is 403 g/mol. The average Bonchev–Trinajstić information content (AvgIpc) is 2.72. The zero-order chi connectivity index (χ0) is 21.7. The molecule has 0 aromatic heterocycles. The van der Waals surface area contributed by atoms with E-state index in [2.05, 4.69) is 6.92 Å². The van der Waals surface area contributed by atoms with Crippen LogP contribution >= 0.6 is 0 Å². The summed E-state index contributed by atoms with van der Waals surface area (Å²) < 4.78 is 81.0. The molecule has 0 bridgehead atoms. The zero-order valence-electron chi connectivity index (χ0n) is 17.4. The lowest BCUT2D eigenvalue weighted by Crippen LogP contribution is -2.41. The zero-order valence-corrected chi connectivity index (χ0v) is 17.4. The van der Waals surface area contributed by atoms with Crippen molar-refractivity contribution in [3.8, 4) is 0 Å². The molecule has 1 saturated heterocycles. The van der Waals surface area contributed by atoms with Crippen LogP contribution < -0.4 is 0 Å². The molecule has 1 aliphatic heterocycles. The summed E-state index contributed by atoms with van der Waals surface area (Å²) in [5.41, 5.74) is -0.230. The van der Waals surface area contributed by atoms with E-state index in [1.165, 1.54) is 19.3 Å². The van der Waals surface area contributed by atoms with Gasteiger partial charge in [0.05, 0.1) is 13.2 Å². The Morgan fingerprint density at radius 1 is 0.933 bits per heavy atom. The Bertz CT molecular complexity index is 657. The lowest BCUT2D eigenvalue weighted by atomic mass is 9.77. The van der Waals surface area contributed by atoms with Crippen molar-refractivity contribution in [3.05, 3.63) is 35.1 Å². The minimum Gasteiger partial charge on any atom is -0.352 e. The summed E-state index contributed by atoms with van der Waals surface area (Å²) in [6.07, 6.45) is 5.24. The van der Waals surface area contributed by atoms with Crippen LogP contribution in [0.15, 0.2) is 12.1 Å². The highest BCUT2D eigenvalue weighted by molar-refractivity contribution is 5.21. The van der Waals surface area contributed by atoms with Crippen molar-refractivity contribution in [2.45, 2.75) is 76.9 Å². The smallest absolute Gasteiger partial charge is 0.254 e. The minimum absolute atomic E-state index is 0.0920. The molecule has 0 unspecified atom stereocenters. The maximum atomic E-state index is 14.7.